The van der Waals surface area contributed by atoms with Crippen LogP contribution in [0.1, 0.15) is 60.8 Å². The molecule has 0 aromatic rings. The normalized spacial score (nSPS) is 13.9. The molecule has 0 aliphatic heterocycles. The van der Waals surface area contributed by atoms with Gasteiger partial charge in [-0.15, -0.1) is 0 Å². The van der Waals surface area contributed by atoms with Crippen molar-refractivity contribution in [3.05, 3.63) is 0 Å². The monoisotopic (exact) mass is 270 g/mol. The van der Waals surface area contributed by atoms with Crippen LogP contribution in [0.5, 0.6) is 0 Å². The number of carbonyl (C=O) groups is 1. The van der Waals surface area contributed by atoms with Gasteiger partial charge < -0.3 is 11.1 Å². The molecule has 1 unspecified atom stereocenters. The highest BCUT2D eigenvalue weighted by atomic mass is 16.1. The van der Waals surface area contributed by atoms with Crippen molar-refractivity contribution in [1.29, 1.82) is 0 Å². The average Bonchev–Trinajstić information content (AvgIpc) is 2.31. The number of hydrogen-bond donors (Lipinski definition) is 2. The van der Waals surface area contributed by atoms with E-state index in [1.165, 1.54) is 0 Å². The van der Waals surface area contributed by atoms with Crippen LogP contribution < -0.4 is 11.1 Å². The van der Waals surface area contributed by atoms with Crippen LogP contribution in [0.4, 0.5) is 0 Å². The average molecular weight is 270 g/mol. The molecule has 0 saturated carbocycles. The summed E-state index contributed by atoms with van der Waals surface area (Å²) in [5.74, 6) is 1.90. The molecule has 0 aliphatic carbocycles. The molecule has 0 rings (SSSR count). The van der Waals surface area contributed by atoms with Gasteiger partial charge in [0.15, 0.2) is 0 Å². The van der Waals surface area contributed by atoms with E-state index >= 15 is 0 Å². The van der Waals surface area contributed by atoms with Crippen LogP contribution in [0, 0.1) is 23.2 Å². The molecule has 114 valence electrons. The van der Waals surface area contributed by atoms with Crippen LogP contribution in [0.2, 0.25) is 0 Å². The quantitative estimate of drug-likeness (QED) is 0.676. The zero-order valence-electron chi connectivity index (χ0n) is 13.8. The molecule has 0 aliphatic rings. The SMILES string of the molecule is CC(C)C(CCN)CCC(=O)NCC(C)(C)C(C)C. The largest absolute Gasteiger partial charge is 0.356 e. The molecule has 0 heterocycles. The van der Waals surface area contributed by atoms with Gasteiger partial charge in [0.05, 0.1) is 0 Å². The van der Waals surface area contributed by atoms with E-state index in [0.717, 1.165) is 19.4 Å². The minimum Gasteiger partial charge on any atom is -0.356 e. The first-order valence-electron chi connectivity index (χ1n) is 7.67. The number of carbonyl (C=O) groups excluding carboxylic acids is 1. The summed E-state index contributed by atoms with van der Waals surface area (Å²) in [4.78, 5) is 11.9. The van der Waals surface area contributed by atoms with E-state index in [4.69, 9.17) is 5.73 Å². The molecular weight excluding hydrogens is 236 g/mol. The molecule has 19 heavy (non-hydrogen) atoms. The van der Waals surface area contributed by atoms with Gasteiger partial charge in [-0.2, -0.15) is 0 Å². The van der Waals surface area contributed by atoms with Crippen molar-refractivity contribution in [2.45, 2.75) is 60.8 Å². The molecule has 0 aromatic carbocycles. The van der Waals surface area contributed by atoms with Gasteiger partial charge in [0.25, 0.3) is 0 Å². The van der Waals surface area contributed by atoms with Crippen LogP contribution in [0.15, 0.2) is 0 Å². The lowest BCUT2D eigenvalue weighted by atomic mass is 9.81. The van der Waals surface area contributed by atoms with Gasteiger partial charge in [-0.25, -0.2) is 0 Å². The molecule has 0 fully saturated rings. The van der Waals surface area contributed by atoms with E-state index in [1.54, 1.807) is 0 Å². The summed E-state index contributed by atoms with van der Waals surface area (Å²) >= 11 is 0. The molecule has 0 bridgehead atoms. The van der Waals surface area contributed by atoms with Crippen molar-refractivity contribution >= 4 is 5.91 Å². The van der Waals surface area contributed by atoms with Crippen molar-refractivity contribution in [2.75, 3.05) is 13.1 Å². The van der Waals surface area contributed by atoms with Crippen molar-refractivity contribution in [3.8, 4) is 0 Å². The molecule has 3 heteroatoms. The molecule has 0 spiro atoms. The number of hydrogen-bond acceptors (Lipinski definition) is 2. The zero-order chi connectivity index (χ0) is 15.1. The van der Waals surface area contributed by atoms with E-state index in [9.17, 15) is 4.79 Å². The smallest absolute Gasteiger partial charge is 0.220 e. The lowest BCUT2D eigenvalue weighted by Crippen LogP contribution is -2.37. The van der Waals surface area contributed by atoms with Crippen LogP contribution in [0.3, 0.4) is 0 Å². The van der Waals surface area contributed by atoms with Gasteiger partial charge >= 0.3 is 0 Å². The Hall–Kier alpha value is -0.570. The summed E-state index contributed by atoms with van der Waals surface area (Å²) in [6.45, 7) is 14.7. The molecule has 1 atom stereocenters. The molecule has 0 saturated heterocycles. The van der Waals surface area contributed by atoms with Crippen LogP contribution >= 0.6 is 0 Å². The summed E-state index contributed by atoms with van der Waals surface area (Å²) in [6.07, 6.45) is 2.59. The lowest BCUT2D eigenvalue weighted by molar-refractivity contribution is -0.122. The Morgan fingerprint density at radius 1 is 1.16 bits per heavy atom. The molecular formula is C16H34N2O. The second-order valence-electron chi connectivity index (χ2n) is 7.04. The van der Waals surface area contributed by atoms with Crippen molar-refractivity contribution in [2.24, 2.45) is 28.9 Å². The fourth-order valence-corrected chi connectivity index (χ4v) is 1.96. The van der Waals surface area contributed by atoms with Crippen LogP contribution in [-0.4, -0.2) is 19.0 Å². The maximum absolute atomic E-state index is 11.9. The van der Waals surface area contributed by atoms with Crippen molar-refractivity contribution in [1.82, 2.24) is 5.32 Å². The maximum atomic E-state index is 11.9. The van der Waals surface area contributed by atoms with Crippen LogP contribution in [-0.2, 0) is 4.79 Å². The highest BCUT2D eigenvalue weighted by Gasteiger charge is 2.23. The molecule has 3 nitrogen and oxygen atoms in total. The Morgan fingerprint density at radius 3 is 2.16 bits per heavy atom. The number of rotatable bonds is 9. The minimum absolute atomic E-state index is 0.157. The highest BCUT2D eigenvalue weighted by molar-refractivity contribution is 5.75. The second kappa shape index (κ2) is 8.57. The lowest BCUT2D eigenvalue weighted by Gasteiger charge is -2.29. The Balaban J connectivity index is 4.05. The summed E-state index contributed by atoms with van der Waals surface area (Å²) < 4.78 is 0. The number of nitrogens with one attached hydrogen (secondary N) is 1. The third kappa shape index (κ3) is 7.56. The van der Waals surface area contributed by atoms with E-state index in [-0.39, 0.29) is 11.3 Å². The highest BCUT2D eigenvalue weighted by Crippen LogP contribution is 2.25. The Kier molecular flexibility index (Phi) is 8.31. The van der Waals surface area contributed by atoms with Gasteiger partial charge in [0.2, 0.25) is 5.91 Å². The second-order valence-corrected chi connectivity index (χ2v) is 7.04. The van der Waals surface area contributed by atoms with Gasteiger partial charge in [-0.1, -0.05) is 41.5 Å². The summed E-state index contributed by atoms with van der Waals surface area (Å²) in [6, 6.07) is 0. The van der Waals surface area contributed by atoms with Crippen molar-refractivity contribution < 1.29 is 4.79 Å². The summed E-state index contributed by atoms with van der Waals surface area (Å²) in [5, 5.41) is 3.07. The standard InChI is InChI=1S/C16H34N2O/c1-12(2)14(9-10-17)7-8-15(19)18-11-16(5,6)13(3)4/h12-14H,7-11,17H2,1-6H3,(H,18,19). The fraction of sp³-hybridized carbons (Fsp3) is 0.938. The third-order valence-electron chi connectivity index (χ3n) is 4.53. The molecule has 0 radical (unpaired) electrons. The van der Waals surface area contributed by atoms with Gasteiger partial charge in [-0.3, -0.25) is 4.79 Å². The van der Waals surface area contributed by atoms with Crippen molar-refractivity contribution in [3.63, 3.8) is 0 Å². The first-order chi connectivity index (χ1) is 8.70. The van der Waals surface area contributed by atoms with Gasteiger partial charge in [-0.05, 0) is 42.6 Å². The predicted octanol–water partition coefficient (Wildman–Crippen LogP) is 3.19. The van der Waals surface area contributed by atoms with E-state index < -0.39 is 0 Å². The number of amides is 1. The first kappa shape index (κ1) is 18.4. The van der Waals surface area contributed by atoms with Gasteiger partial charge in [0, 0.05) is 13.0 Å². The fourth-order valence-electron chi connectivity index (χ4n) is 1.96. The summed E-state index contributed by atoms with van der Waals surface area (Å²) in [7, 11) is 0. The maximum Gasteiger partial charge on any atom is 0.220 e. The third-order valence-corrected chi connectivity index (χ3v) is 4.53. The topological polar surface area (TPSA) is 55.1 Å². The molecule has 0 aromatic heterocycles. The Morgan fingerprint density at radius 2 is 1.74 bits per heavy atom. The van der Waals surface area contributed by atoms with Crippen LogP contribution in [0.25, 0.3) is 0 Å². The zero-order valence-corrected chi connectivity index (χ0v) is 13.8. The van der Waals surface area contributed by atoms with E-state index in [0.29, 0.717) is 30.7 Å². The van der Waals surface area contributed by atoms with Gasteiger partial charge in [0.1, 0.15) is 0 Å². The Labute approximate surface area is 119 Å². The number of nitrogens with two attached hydrogens (primary N) is 1. The first-order valence-corrected chi connectivity index (χ1v) is 7.67. The van der Waals surface area contributed by atoms with E-state index in [2.05, 4.69) is 46.9 Å². The Bertz CT molecular complexity index is 259. The molecule has 1 amide bonds. The predicted molar refractivity (Wildman–Crippen MR) is 82.9 cm³/mol. The summed E-state index contributed by atoms with van der Waals surface area (Å²) in [5.41, 5.74) is 5.78. The minimum atomic E-state index is 0.157. The van der Waals surface area contributed by atoms with E-state index in [1.807, 2.05) is 0 Å². The molecule has 3 N–H and O–H groups in total.